The number of carbonyl (C=O) groups excluding carboxylic acids is 1. The molecule has 3 aliphatic rings. The minimum absolute atomic E-state index is 0.213. The lowest BCUT2D eigenvalue weighted by molar-refractivity contribution is -0.128. The zero-order valence-electron chi connectivity index (χ0n) is 15.3. The first-order valence-electron chi connectivity index (χ1n) is 9.71. The second kappa shape index (κ2) is 7.12. The molecule has 3 heterocycles. The molecule has 1 aromatic rings. The highest BCUT2D eigenvalue weighted by molar-refractivity contribution is 5.73. The topological polar surface area (TPSA) is 45.9 Å². The predicted octanol–water partition coefficient (Wildman–Crippen LogP) is 2.77. The molecule has 1 aromatic heterocycles. The molecule has 5 heteroatoms. The van der Waals surface area contributed by atoms with Crippen LogP contribution in [0.15, 0.2) is 23.0 Å². The number of nitrogens with zero attached hydrogens (tertiary/aromatic N) is 2. The summed E-state index contributed by atoms with van der Waals surface area (Å²) >= 11 is 0. The van der Waals surface area contributed by atoms with Crippen LogP contribution in [0.3, 0.4) is 0 Å². The number of hydrogen-bond donors (Lipinski definition) is 0. The predicted molar refractivity (Wildman–Crippen MR) is 94.9 cm³/mol. The van der Waals surface area contributed by atoms with E-state index in [1.807, 2.05) is 12.3 Å². The van der Waals surface area contributed by atoms with Gasteiger partial charge in [0.2, 0.25) is 5.91 Å². The van der Waals surface area contributed by atoms with Crippen LogP contribution >= 0.6 is 0 Å². The second-order valence-electron chi connectivity index (χ2n) is 8.35. The molecule has 138 valence electrons. The summed E-state index contributed by atoms with van der Waals surface area (Å²) in [5.41, 5.74) is 1.50. The first-order valence-corrected chi connectivity index (χ1v) is 9.71. The number of carbonyl (C=O) groups is 1. The third kappa shape index (κ3) is 3.93. The Morgan fingerprint density at radius 2 is 2.12 bits per heavy atom. The highest BCUT2D eigenvalue weighted by atomic mass is 16.5. The molecule has 1 aliphatic carbocycles. The SMILES string of the molecule is CC(=O)N1C[C@@H](COCC2CC2)C2(CCN(Cc3ccoc3)CC2)C1. The lowest BCUT2D eigenvalue weighted by Crippen LogP contribution is -2.45. The second-order valence-corrected chi connectivity index (χ2v) is 8.35. The van der Waals surface area contributed by atoms with Crippen LogP contribution in [-0.4, -0.2) is 55.1 Å². The van der Waals surface area contributed by atoms with E-state index in [0.29, 0.717) is 5.92 Å². The van der Waals surface area contributed by atoms with Gasteiger partial charge in [-0.15, -0.1) is 0 Å². The average Bonchev–Trinajstić information content (AvgIpc) is 3.15. The maximum absolute atomic E-state index is 11.9. The molecule has 4 rings (SSSR count). The summed E-state index contributed by atoms with van der Waals surface area (Å²) in [7, 11) is 0. The molecule has 1 atom stereocenters. The van der Waals surface area contributed by atoms with Crippen LogP contribution < -0.4 is 0 Å². The van der Waals surface area contributed by atoms with Crippen molar-refractivity contribution in [2.45, 2.75) is 39.2 Å². The lowest BCUT2D eigenvalue weighted by Gasteiger charge is -2.42. The fraction of sp³-hybridized carbons (Fsp3) is 0.750. The number of amides is 1. The fourth-order valence-corrected chi connectivity index (χ4v) is 4.53. The van der Waals surface area contributed by atoms with Crippen LogP contribution in [0.4, 0.5) is 0 Å². The van der Waals surface area contributed by atoms with E-state index in [2.05, 4.69) is 9.80 Å². The van der Waals surface area contributed by atoms with Gasteiger partial charge in [-0.2, -0.15) is 0 Å². The van der Waals surface area contributed by atoms with Gasteiger partial charge in [0, 0.05) is 44.6 Å². The van der Waals surface area contributed by atoms with E-state index in [9.17, 15) is 4.79 Å². The van der Waals surface area contributed by atoms with Crippen molar-refractivity contribution in [2.24, 2.45) is 17.3 Å². The van der Waals surface area contributed by atoms with Gasteiger partial charge in [-0.1, -0.05) is 0 Å². The van der Waals surface area contributed by atoms with Crippen molar-refractivity contribution in [3.05, 3.63) is 24.2 Å². The molecule has 1 saturated carbocycles. The van der Waals surface area contributed by atoms with Gasteiger partial charge in [0.15, 0.2) is 0 Å². The largest absolute Gasteiger partial charge is 0.472 e. The summed E-state index contributed by atoms with van der Waals surface area (Å²) in [5.74, 6) is 1.51. The molecule has 5 nitrogen and oxygen atoms in total. The highest BCUT2D eigenvalue weighted by Gasteiger charge is 2.48. The minimum Gasteiger partial charge on any atom is -0.472 e. The molecule has 0 aromatic carbocycles. The molecule has 2 aliphatic heterocycles. The van der Waals surface area contributed by atoms with Crippen molar-refractivity contribution >= 4 is 5.91 Å². The van der Waals surface area contributed by atoms with Crippen LogP contribution in [0.25, 0.3) is 0 Å². The quantitative estimate of drug-likeness (QED) is 0.795. The maximum Gasteiger partial charge on any atom is 0.219 e. The standard InChI is InChI=1S/C20H30N2O3/c1-16(23)22-11-19(14-25-12-17-2-3-17)20(15-22)5-7-21(8-6-20)10-18-4-9-24-13-18/h4,9,13,17,19H,2-3,5-8,10-12,14-15H2,1H3/t19-/m0/s1. The van der Waals surface area contributed by atoms with E-state index in [0.717, 1.165) is 64.7 Å². The van der Waals surface area contributed by atoms with E-state index >= 15 is 0 Å². The summed E-state index contributed by atoms with van der Waals surface area (Å²) in [6.07, 6.45) is 8.57. The summed E-state index contributed by atoms with van der Waals surface area (Å²) < 4.78 is 11.2. The van der Waals surface area contributed by atoms with Crippen LogP contribution in [0.2, 0.25) is 0 Å². The molecule has 3 fully saturated rings. The van der Waals surface area contributed by atoms with Crippen LogP contribution in [-0.2, 0) is 16.1 Å². The summed E-state index contributed by atoms with van der Waals surface area (Å²) in [4.78, 5) is 16.5. The van der Waals surface area contributed by atoms with E-state index in [4.69, 9.17) is 9.15 Å². The third-order valence-corrected chi connectivity index (χ3v) is 6.47. The number of hydrogen-bond acceptors (Lipinski definition) is 4. The van der Waals surface area contributed by atoms with E-state index < -0.39 is 0 Å². The van der Waals surface area contributed by atoms with Crippen molar-refractivity contribution in [3.63, 3.8) is 0 Å². The van der Waals surface area contributed by atoms with E-state index in [1.165, 1.54) is 18.4 Å². The summed E-state index contributed by atoms with van der Waals surface area (Å²) in [6.45, 7) is 8.38. The van der Waals surface area contributed by atoms with E-state index in [1.54, 1.807) is 13.2 Å². The van der Waals surface area contributed by atoms with Gasteiger partial charge in [-0.05, 0) is 56.2 Å². The molecule has 0 unspecified atom stereocenters. The maximum atomic E-state index is 11.9. The molecule has 25 heavy (non-hydrogen) atoms. The fourth-order valence-electron chi connectivity index (χ4n) is 4.53. The van der Waals surface area contributed by atoms with Crippen molar-refractivity contribution in [1.29, 1.82) is 0 Å². The Morgan fingerprint density at radius 1 is 1.32 bits per heavy atom. The smallest absolute Gasteiger partial charge is 0.219 e. The molecular formula is C20H30N2O3. The average molecular weight is 346 g/mol. The Hall–Kier alpha value is -1.33. The molecule has 1 spiro atoms. The Kier molecular flexibility index (Phi) is 4.87. The van der Waals surface area contributed by atoms with Gasteiger partial charge >= 0.3 is 0 Å². The number of furan rings is 1. The highest BCUT2D eigenvalue weighted by Crippen LogP contribution is 2.45. The zero-order valence-corrected chi connectivity index (χ0v) is 15.3. The monoisotopic (exact) mass is 346 g/mol. The van der Waals surface area contributed by atoms with Gasteiger partial charge in [0.05, 0.1) is 19.1 Å². The normalized spacial score (nSPS) is 26.4. The van der Waals surface area contributed by atoms with Gasteiger partial charge < -0.3 is 14.1 Å². The zero-order chi connectivity index (χ0) is 17.3. The van der Waals surface area contributed by atoms with Crippen LogP contribution in [0, 0.1) is 17.3 Å². The number of ether oxygens (including phenoxy) is 1. The molecule has 1 amide bonds. The third-order valence-electron chi connectivity index (χ3n) is 6.47. The van der Waals surface area contributed by atoms with Gasteiger partial charge in [-0.25, -0.2) is 0 Å². The van der Waals surface area contributed by atoms with Crippen LogP contribution in [0.1, 0.15) is 38.2 Å². The van der Waals surface area contributed by atoms with Crippen molar-refractivity contribution in [2.75, 3.05) is 39.4 Å². The molecular weight excluding hydrogens is 316 g/mol. The van der Waals surface area contributed by atoms with Crippen LogP contribution in [0.5, 0.6) is 0 Å². The minimum atomic E-state index is 0.213. The Balaban J connectivity index is 1.36. The first-order chi connectivity index (χ1) is 12.1. The molecule has 0 bridgehead atoms. The Labute approximate surface area is 150 Å². The van der Waals surface area contributed by atoms with Gasteiger partial charge in [-0.3, -0.25) is 9.69 Å². The number of piperidine rings is 1. The van der Waals surface area contributed by atoms with Crippen molar-refractivity contribution in [3.8, 4) is 0 Å². The molecule has 0 N–H and O–H groups in total. The lowest BCUT2D eigenvalue weighted by atomic mass is 9.71. The Morgan fingerprint density at radius 3 is 2.76 bits per heavy atom. The van der Waals surface area contributed by atoms with Gasteiger partial charge in [0.25, 0.3) is 0 Å². The molecule has 2 saturated heterocycles. The first kappa shape index (κ1) is 17.1. The number of likely N-dealkylation sites (tertiary alicyclic amines) is 2. The van der Waals surface area contributed by atoms with Gasteiger partial charge in [0.1, 0.15) is 0 Å². The van der Waals surface area contributed by atoms with Crippen molar-refractivity contribution in [1.82, 2.24) is 9.80 Å². The molecule has 0 radical (unpaired) electrons. The Bertz CT molecular complexity index is 574. The summed E-state index contributed by atoms with van der Waals surface area (Å²) in [6, 6.07) is 2.05. The van der Waals surface area contributed by atoms with Crippen molar-refractivity contribution < 1.29 is 13.9 Å². The van der Waals surface area contributed by atoms with E-state index in [-0.39, 0.29) is 11.3 Å². The summed E-state index contributed by atoms with van der Waals surface area (Å²) in [5, 5.41) is 0. The number of rotatable bonds is 6.